The maximum atomic E-state index is 13.0. The molecule has 1 amide bonds. The van der Waals surface area contributed by atoms with Crippen molar-refractivity contribution < 1.29 is 4.79 Å². The number of hydrogen-bond donors (Lipinski definition) is 1. The van der Waals surface area contributed by atoms with E-state index >= 15 is 0 Å². The van der Waals surface area contributed by atoms with Crippen LogP contribution in [0.4, 0.5) is 0 Å². The zero-order valence-corrected chi connectivity index (χ0v) is 17.8. The molecule has 0 radical (unpaired) electrons. The highest BCUT2D eigenvalue weighted by atomic mass is 16.2. The van der Waals surface area contributed by atoms with Crippen LogP contribution in [0.1, 0.15) is 44.1 Å². The average molecular weight is 399 g/mol. The summed E-state index contributed by atoms with van der Waals surface area (Å²) in [5.74, 6) is 0.594. The molecule has 1 aromatic carbocycles. The highest BCUT2D eigenvalue weighted by Gasteiger charge is 2.34. The average Bonchev–Trinajstić information content (AvgIpc) is 2.79. The normalized spacial score (nSPS) is 26.0. The molecule has 3 aliphatic heterocycles. The number of nitrogens with zero attached hydrogens (tertiary/aromatic N) is 3. The lowest BCUT2D eigenvalue weighted by atomic mass is 9.92. The quantitative estimate of drug-likeness (QED) is 0.827. The van der Waals surface area contributed by atoms with Gasteiger partial charge >= 0.3 is 0 Å². The first-order valence-corrected chi connectivity index (χ1v) is 11.7. The van der Waals surface area contributed by atoms with Gasteiger partial charge in [0, 0.05) is 38.3 Å². The van der Waals surface area contributed by atoms with Crippen molar-refractivity contribution in [1.29, 1.82) is 0 Å². The molecule has 0 aromatic heterocycles. The molecule has 0 saturated carbocycles. The number of nitrogens with two attached hydrogens (primary N) is 1. The number of benzene rings is 1. The van der Waals surface area contributed by atoms with E-state index in [0.29, 0.717) is 11.9 Å². The molecule has 4 rings (SSSR count). The van der Waals surface area contributed by atoms with Gasteiger partial charge in [0.05, 0.1) is 5.92 Å². The first-order valence-electron chi connectivity index (χ1n) is 11.7. The lowest BCUT2D eigenvalue weighted by molar-refractivity contribution is -0.138. The van der Waals surface area contributed by atoms with Gasteiger partial charge in [-0.2, -0.15) is 0 Å². The Hall–Kier alpha value is -1.43. The van der Waals surface area contributed by atoms with Crippen molar-refractivity contribution in [2.75, 3.05) is 45.8 Å². The molecule has 1 aromatic rings. The van der Waals surface area contributed by atoms with Gasteiger partial charge in [0.25, 0.3) is 0 Å². The number of likely N-dealkylation sites (tertiary alicyclic amines) is 3. The summed E-state index contributed by atoms with van der Waals surface area (Å²) in [6.07, 6.45) is 7.78. The number of amides is 1. The molecule has 0 spiro atoms. The minimum atomic E-state index is 0.203. The van der Waals surface area contributed by atoms with E-state index in [1.54, 1.807) is 0 Å². The Morgan fingerprint density at radius 2 is 1.66 bits per heavy atom. The SMILES string of the molecule is NC1CCN(C(=O)C2CCCN(C3CCN(CCc4ccccc4)CC3)C2)CC1. The van der Waals surface area contributed by atoms with Crippen molar-refractivity contribution in [3.8, 4) is 0 Å². The number of carbonyl (C=O) groups is 1. The van der Waals surface area contributed by atoms with E-state index in [-0.39, 0.29) is 12.0 Å². The summed E-state index contributed by atoms with van der Waals surface area (Å²) in [5, 5.41) is 0. The fourth-order valence-corrected chi connectivity index (χ4v) is 5.36. The Bertz CT molecular complexity index is 636. The van der Waals surface area contributed by atoms with E-state index in [9.17, 15) is 4.79 Å². The molecule has 3 saturated heterocycles. The minimum Gasteiger partial charge on any atom is -0.342 e. The van der Waals surface area contributed by atoms with Gasteiger partial charge in [-0.25, -0.2) is 0 Å². The van der Waals surface area contributed by atoms with Crippen LogP contribution in [0, 0.1) is 5.92 Å². The molecule has 5 heteroatoms. The maximum absolute atomic E-state index is 13.0. The van der Waals surface area contributed by atoms with E-state index in [1.165, 1.54) is 38.0 Å². The second-order valence-electron chi connectivity index (χ2n) is 9.31. The topological polar surface area (TPSA) is 52.8 Å². The van der Waals surface area contributed by atoms with Crippen LogP contribution in [0.2, 0.25) is 0 Å². The Kier molecular flexibility index (Phi) is 7.22. The van der Waals surface area contributed by atoms with Crippen molar-refractivity contribution in [3.63, 3.8) is 0 Å². The minimum absolute atomic E-state index is 0.203. The van der Waals surface area contributed by atoms with Gasteiger partial charge in [0.1, 0.15) is 0 Å². The highest BCUT2D eigenvalue weighted by Crippen LogP contribution is 2.26. The summed E-state index contributed by atoms with van der Waals surface area (Å²) >= 11 is 0. The fourth-order valence-electron chi connectivity index (χ4n) is 5.36. The molecule has 1 atom stereocenters. The molecular formula is C24H38N4O. The zero-order valence-electron chi connectivity index (χ0n) is 17.8. The summed E-state index contributed by atoms with van der Waals surface area (Å²) < 4.78 is 0. The van der Waals surface area contributed by atoms with Gasteiger partial charge in [0.2, 0.25) is 5.91 Å². The molecule has 5 nitrogen and oxygen atoms in total. The number of carbonyl (C=O) groups excluding carboxylic acids is 1. The van der Waals surface area contributed by atoms with Gasteiger partial charge in [-0.05, 0) is 70.1 Å². The fraction of sp³-hybridized carbons (Fsp3) is 0.708. The van der Waals surface area contributed by atoms with Crippen molar-refractivity contribution in [1.82, 2.24) is 14.7 Å². The van der Waals surface area contributed by atoms with Gasteiger partial charge in [-0.1, -0.05) is 30.3 Å². The van der Waals surface area contributed by atoms with Crippen LogP contribution >= 0.6 is 0 Å². The Labute approximate surface area is 176 Å². The third-order valence-corrected chi connectivity index (χ3v) is 7.29. The van der Waals surface area contributed by atoms with Crippen LogP contribution in [-0.2, 0) is 11.2 Å². The van der Waals surface area contributed by atoms with E-state index in [4.69, 9.17) is 5.73 Å². The molecule has 3 aliphatic rings. The molecule has 2 N–H and O–H groups in total. The van der Waals surface area contributed by atoms with Crippen molar-refractivity contribution in [2.24, 2.45) is 11.7 Å². The van der Waals surface area contributed by atoms with E-state index in [2.05, 4.69) is 45.0 Å². The van der Waals surface area contributed by atoms with Gasteiger partial charge < -0.3 is 15.5 Å². The van der Waals surface area contributed by atoms with E-state index in [0.717, 1.165) is 58.3 Å². The van der Waals surface area contributed by atoms with Crippen molar-refractivity contribution in [2.45, 2.75) is 57.0 Å². The number of rotatable bonds is 5. The first kappa shape index (κ1) is 20.8. The number of hydrogen-bond acceptors (Lipinski definition) is 4. The highest BCUT2D eigenvalue weighted by molar-refractivity contribution is 5.79. The number of piperidine rings is 3. The van der Waals surface area contributed by atoms with Gasteiger partial charge in [-0.3, -0.25) is 9.69 Å². The maximum Gasteiger partial charge on any atom is 0.226 e. The van der Waals surface area contributed by atoms with Crippen LogP contribution in [0.15, 0.2) is 30.3 Å². The van der Waals surface area contributed by atoms with Gasteiger partial charge in [-0.15, -0.1) is 0 Å². The summed E-state index contributed by atoms with van der Waals surface area (Å²) in [7, 11) is 0. The molecule has 3 fully saturated rings. The Morgan fingerprint density at radius 1 is 0.931 bits per heavy atom. The standard InChI is InChI=1S/C24H38N4O/c25-22-9-17-27(18-10-22)24(29)21-7-4-13-28(19-21)23-11-15-26(16-12-23)14-8-20-5-2-1-3-6-20/h1-3,5-6,21-23H,4,7-19,25H2. The predicted molar refractivity (Wildman–Crippen MR) is 118 cm³/mol. The molecular weight excluding hydrogens is 360 g/mol. The molecule has 1 unspecified atom stereocenters. The monoisotopic (exact) mass is 398 g/mol. The van der Waals surface area contributed by atoms with Crippen molar-refractivity contribution in [3.05, 3.63) is 35.9 Å². The lowest BCUT2D eigenvalue weighted by Crippen LogP contribution is -2.52. The second-order valence-corrected chi connectivity index (χ2v) is 9.31. The lowest BCUT2D eigenvalue weighted by Gasteiger charge is -2.43. The Morgan fingerprint density at radius 3 is 2.38 bits per heavy atom. The molecule has 0 bridgehead atoms. The smallest absolute Gasteiger partial charge is 0.226 e. The summed E-state index contributed by atoms with van der Waals surface area (Å²) in [6, 6.07) is 11.8. The molecule has 29 heavy (non-hydrogen) atoms. The van der Waals surface area contributed by atoms with E-state index in [1.807, 2.05) is 0 Å². The zero-order chi connectivity index (χ0) is 20.1. The van der Waals surface area contributed by atoms with Gasteiger partial charge in [0.15, 0.2) is 0 Å². The van der Waals surface area contributed by atoms with E-state index < -0.39 is 0 Å². The third-order valence-electron chi connectivity index (χ3n) is 7.29. The van der Waals surface area contributed by atoms with Crippen LogP contribution in [0.3, 0.4) is 0 Å². The molecule has 160 valence electrons. The van der Waals surface area contributed by atoms with Crippen LogP contribution in [0.5, 0.6) is 0 Å². The molecule has 0 aliphatic carbocycles. The second kappa shape index (κ2) is 10.1. The van der Waals surface area contributed by atoms with Crippen LogP contribution < -0.4 is 5.73 Å². The Balaban J connectivity index is 1.22. The predicted octanol–water partition coefficient (Wildman–Crippen LogP) is 2.36. The van der Waals surface area contributed by atoms with Crippen LogP contribution in [-0.4, -0.2) is 78.5 Å². The summed E-state index contributed by atoms with van der Waals surface area (Å²) in [4.78, 5) is 20.4. The largest absolute Gasteiger partial charge is 0.342 e. The van der Waals surface area contributed by atoms with Crippen molar-refractivity contribution >= 4 is 5.91 Å². The summed E-state index contributed by atoms with van der Waals surface area (Å²) in [6.45, 7) is 7.40. The van der Waals surface area contributed by atoms with Crippen LogP contribution in [0.25, 0.3) is 0 Å². The third kappa shape index (κ3) is 5.59. The first-order chi connectivity index (χ1) is 14.2. The molecule has 3 heterocycles. The summed E-state index contributed by atoms with van der Waals surface area (Å²) in [5.41, 5.74) is 7.45.